The first-order chi connectivity index (χ1) is 8.59. The van der Waals surface area contributed by atoms with Gasteiger partial charge in [-0.3, -0.25) is 4.79 Å². The number of ketones is 1. The quantitative estimate of drug-likeness (QED) is 0.704. The zero-order chi connectivity index (χ0) is 13.1. The number of hydrogen-bond donors (Lipinski definition) is 0. The van der Waals surface area contributed by atoms with Crippen molar-refractivity contribution in [3.63, 3.8) is 0 Å². The molecule has 0 bridgehead atoms. The van der Waals surface area contributed by atoms with Crippen LogP contribution in [0.1, 0.15) is 60.5 Å². The minimum absolute atomic E-state index is 0.343. The van der Waals surface area contributed by atoms with Crippen LogP contribution in [0, 0.1) is 25.7 Å². The van der Waals surface area contributed by atoms with Crippen molar-refractivity contribution in [3.8, 4) is 0 Å². The molecule has 1 heteroatoms. The lowest BCUT2D eigenvalue weighted by molar-refractivity contribution is 0.0926. The Morgan fingerprint density at radius 3 is 2.67 bits per heavy atom. The van der Waals surface area contributed by atoms with Gasteiger partial charge in [-0.2, -0.15) is 0 Å². The van der Waals surface area contributed by atoms with E-state index in [0.29, 0.717) is 17.6 Å². The lowest BCUT2D eigenvalue weighted by Crippen LogP contribution is -2.20. The maximum Gasteiger partial charge on any atom is 0.163 e. The highest BCUT2D eigenvalue weighted by molar-refractivity contribution is 5.97. The van der Waals surface area contributed by atoms with E-state index in [0.717, 1.165) is 17.5 Å². The molecule has 2 atom stereocenters. The molecule has 2 unspecified atom stereocenters. The molecule has 0 heterocycles. The highest BCUT2D eigenvalue weighted by atomic mass is 16.1. The van der Waals surface area contributed by atoms with Gasteiger partial charge >= 0.3 is 0 Å². The first-order valence-corrected chi connectivity index (χ1v) is 7.19. The minimum atomic E-state index is 0.343. The van der Waals surface area contributed by atoms with Crippen LogP contribution in [0.3, 0.4) is 0 Å². The average molecular weight is 244 g/mol. The van der Waals surface area contributed by atoms with Gasteiger partial charge < -0.3 is 0 Å². The fraction of sp³-hybridized carbons (Fsp3) is 0.588. The second-order valence-electron chi connectivity index (χ2n) is 5.90. The maximum absolute atomic E-state index is 12.4. The van der Waals surface area contributed by atoms with Gasteiger partial charge in [0.25, 0.3) is 0 Å². The van der Waals surface area contributed by atoms with E-state index < -0.39 is 0 Å². The summed E-state index contributed by atoms with van der Waals surface area (Å²) in [5, 5.41) is 0. The Morgan fingerprint density at radius 2 is 1.94 bits per heavy atom. The molecule has 1 fully saturated rings. The van der Waals surface area contributed by atoms with Gasteiger partial charge in [-0.15, -0.1) is 0 Å². The Labute approximate surface area is 111 Å². The van der Waals surface area contributed by atoms with Crippen LogP contribution in [0.25, 0.3) is 0 Å². The summed E-state index contributed by atoms with van der Waals surface area (Å²) in [6.45, 7) is 6.45. The third kappa shape index (κ3) is 2.82. The number of benzene rings is 1. The third-order valence-corrected chi connectivity index (χ3v) is 4.64. The van der Waals surface area contributed by atoms with Gasteiger partial charge in [0.15, 0.2) is 5.78 Å². The van der Waals surface area contributed by atoms with Gasteiger partial charge in [0.1, 0.15) is 0 Å². The highest BCUT2D eigenvalue weighted by Crippen LogP contribution is 2.33. The summed E-state index contributed by atoms with van der Waals surface area (Å²) in [5.41, 5.74) is 3.32. The Balaban J connectivity index is 2.09. The van der Waals surface area contributed by atoms with E-state index in [1.54, 1.807) is 0 Å². The molecule has 2 rings (SSSR count). The van der Waals surface area contributed by atoms with E-state index in [9.17, 15) is 4.79 Å². The molecule has 0 radical (unpaired) electrons. The molecule has 98 valence electrons. The molecule has 0 N–H and O–H groups in total. The lowest BCUT2D eigenvalue weighted by Gasteiger charge is -2.28. The Bertz CT molecular complexity index is 433. The van der Waals surface area contributed by atoms with E-state index in [1.807, 2.05) is 12.1 Å². The SMILES string of the molecule is Cc1cccc(C(=O)CC2CCCCC2C)c1C. The van der Waals surface area contributed by atoms with Crippen LogP contribution in [0.5, 0.6) is 0 Å². The van der Waals surface area contributed by atoms with E-state index in [1.165, 1.54) is 31.2 Å². The van der Waals surface area contributed by atoms with Crippen molar-refractivity contribution in [2.24, 2.45) is 11.8 Å². The largest absolute Gasteiger partial charge is 0.294 e. The molecule has 1 aromatic carbocycles. The van der Waals surface area contributed by atoms with Crippen molar-refractivity contribution in [2.45, 2.75) is 52.9 Å². The number of Topliss-reactive ketones (excluding diaryl/α,β-unsaturated/α-hetero) is 1. The summed E-state index contributed by atoms with van der Waals surface area (Å²) >= 11 is 0. The van der Waals surface area contributed by atoms with E-state index >= 15 is 0 Å². The molecule has 1 nitrogen and oxygen atoms in total. The Morgan fingerprint density at radius 1 is 1.22 bits per heavy atom. The van der Waals surface area contributed by atoms with Crippen molar-refractivity contribution in [1.29, 1.82) is 0 Å². The molecule has 1 aliphatic carbocycles. The molecular formula is C17H24O. The number of aryl methyl sites for hydroxylation is 1. The van der Waals surface area contributed by atoms with Crippen LogP contribution in [0.2, 0.25) is 0 Å². The number of hydrogen-bond acceptors (Lipinski definition) is 1. The molecule has 0 aliphatic heterocycles. The topological polar surface area (TPSA) is 17.1 Å². The molecule has 18 heavy (non-hydrogen) atoms. The fourth-order valence-electron chi connectivity index (χ4n) is 3.10. The predicted octanol–water partition coefficient (Wildman–Crippen LogP) is 4.70. The number of carbonyl (C=O) groups is 1. The van der Waals surface area contributed by atoms with Crippen molar-refractivity contribution < 1.29 is 4.79 Å². The summed E-state index contributed by atoms with van der Waals surface area (Å²) in [6.07, 6.45) is 5.92. The van der Waals surface area contributed by atoms with Crippen molar-refractivity contribution in [2.75, 3.05) is 0 Å². The second-order valence-corrected chi connectivity index (χ2v) is 5.90. The molecule has 0 amide bonds. The van der Waals surface area contributed by atoms with Crippen LogP contribution >= 0.6 is 0 Å². The van der Waals surface area contributed by atoms with Gasteiger partial charge in [0.2, 0.25) is 0 Å². The van der Waals surface area contributed by atoms with Gasteiger partial charge in [-0.05, 0) is 43.2 Å². The molecule has 1 aromatic rings. The van der Waals surface area contributed by atoms with Crippen LogP contribution in [0.15, 0.2) is 18.2 Å². The average Bonchev–Trinajstić information content (AvgIpc) is 2.35. The van der Waals surface area contributed by atoms with Crippen LogP contribution < -0.4 is 0 Å². The summed E-state index contributed by atoms with van der Waals surface area (Å²) < 4.78 is 0. The Hall–Kier alpha value is -1.11. The third-order valence-electron chi connectivity index (χ3n) is 4.64. The zero-order valence-electron chi connectivity index (χ0n) is 11.8. The van der Waals surface area contributed by atoms with E-state index in [2.05, 4.69) is 26.8 Å². The van der Waals surface area contributed by atoms with Gasteiger partial charge in [0.05, 0.1) is 0 Å². The Kier molecular flexibility index (Phi) is 4.21. The monoisotopic (exact) mass is 244 g/mol. The van der Waals surface area contributed by atoms with Crippen molar-refractivity contribution in [1.82, 2.24) is 0 Å². The maximum atomic E-state index is 12.4. The first-order valence-electron chi connectivity index (χ1n) is 7.19. The minimum Gasteiger partial charge on any atom is -0.294 e. The standard InChI is InChI=1S/C17H24O/c1-12-8-6-10-16(14(12)3)17(18)11-15-9-5-4-7-13(15)2/h6,8,10,13,15H,4-5,7,9,11H2,1-3H3. The molecule has 1 aliphatic rings. The van der Waals surface area contributed by atoms with Gasteiger partial charge in [-0.1, -0.05) is 44.4 Å². The second kappa shape index (κ2) is 5.69. The molecular weight excluding hydrogens is 220 g/mol. The molecule has 0 saturated heterocycles. The molecule has 0 aromatic heterocycles. The summed E-state index contributed by atoms with van der Waals surface area (Å²) in [6, 6.07) is 6.06. The van der Waals surface area contributed by atoms with E-state index in [4.69, 9.17) is 0 Å². The molecule has 0 spiro atoms. The number of carbonyl (C=O) groups excluding carboxylic acids is 1. The first kappa shape index (κ1) is 13.3. The summed E-state index contributed by atoms with van der Waals surface area (Å²) in [5.74, 6) is 1.66. The zero-order valence-corrected chi connectivity index (χ0v) is 11.8. The van der Waals surface area contributed by atoms with Gasteiger partial charge in [-0.25, -0.2) is 0 Å². The van der Waals surface area contributed by atoms with Crippen LogP contribution in [0.4, 0.5) is 0 Å². The fourth-order valence-corrected chi connectivity index (χ4v) is 3.10. The van der Waals surface area contributed by atoms with Crippen molar-refractivity contribution >= 4 is 5.78 Å². The number of rotatable bonds is 3. The lowest BCUT2D eigenvalue weighted by atomic mass is 9.77. The predicted molar refractivity (Wildman–Crippen MR) is 76.0 cm³/mol. The smallest absolute Gasteiger partial charge is 0.163 e. The van der Waals surface area contributed by atoms with E-state index in [-0.39, 0.29) is 0 Å². The summed E-state index contributed by atoms with van der Waals surface area (Å²) in [4.78, 5) is 12.4. The van der Waals surface area contributed by atoms with Crippen LogP contribution in [-0.4, -0.2) is 5.78 Å². The van der Waals surface area contributed by atoms with Crippen LogP contribution in [-0.2, 0) is 0 Å². The highest BCUT2D eigenvalue weighted by Gasteiger charge is 2.24. The van der Waals surface area contributed by atoms with Crippen molar-refractivity contribution in [3.05, 3.63) is 34.9 Å². The summed E-state index contributed by atoms with van der Waals surface area (Å²) in [7, 11) is 0. The molecule has 1 saturated carbocycles. The normalized spacial score (nSPS) is 23.9. The van der Waals surface area contributed by atoms with Gasteiger partial charge in [0, 0.05) is 12.0 Å².